The zero-order valence-electron chi connectivity index (χ0n) is 7.38. The molecule has 5 nitrogen and oxygen atoms in total. The summed E-state index contributed by atoms with van der Waals surface area (Å²) in [7, 11) is 0. The highest BCUT2D eigenvalue weighted by atomic mass is 32.1. The van der Waals surface area contributed by atoms with Crippen LogP contribution in [0.2, 0.25) is 0 Å². The van der Waals surface area contributed by atoms with Crippen LogP contribution < -0.4 is 10.4 Å². The van der Waals surface area contributed by atoms with E-state index in [0.717, 1.165) is 0 Å². The van der Waals surface area contributed by atoms with Gasteiger partial charge < -0.3 is 15.2 Å². The van der Waals surface area contributed by atoms with Gasteiger partial charge in [-0.1, -0.05) is 0 Å². The number of aromatic nitrogens is 2. The van der Waals surface area contributed by atoms with E-state index in [0.29, 0.717) is 12.2 Å². The summed E-state index contributed by atoms with van der Waals surface area (Å²) in [5.74, 6) is -0.437. The van der Waals surface area contributed by atoms with Crippen molar-refractivity contribution in [2.75, 3.05) is 11.1 Å². The van der Waals surface area contributed by atoms with E-state index in [1.54, 1.807) is 6.07 Å². The number of carboxylic acids is 1. The van der Waals surface area contributed by atoms with Crippen molar-refractivity contribution in [3.05, 3.63) is 18.5 Å². The van der Waals surface area contributed by atoms with Gasteiger partial charge in [0.05, 0.1) is 12.0 Å². The van der Waals surface area contributed by atoms with Crippen molar-refractivity contribution in [2.45, 2.75) is 12.5 Å². The Balaban J connectivity index is 2.60. The SMILES string of the molecule is O=C([O-])[C@H](CCS)Nc1ncccn1. The van der Waals surface area contributed by atoms with Crippen LogP contribution in [0, 0.1) is 0 Å². The van der Waals surface area contributed by atoms with Crippen molar-refractivity contribution in [3.8, 4) is 0 Å². The highest BCUT2D eigenvalue weighted by Gasteiger charge is 2.09. The summed E-state index contributed by atoms with van der Waals surface area (Å²) in [6.07, 6.45) is 3.43. The number of nitrogens with one attached hydrogen (secondary N) is 1. The van der Waals surface area contributed by atoms with Gasteiger partial charge in [0.2, 0.25) is 5.95 Å². The minimum atomic E-state index is -1.17. The van der Waals surface area contributed by atoms with Gasteiger partial charge in [0.1, 0.15) is 0 Å². The Morgan fingerprint density at radius 3 is 2.71 bits per heavy atom. The molecule has 0 bridgehead atoms. The molecule has 1 N–H and O–H groups in total. The van der Waals surface area contributed by atoms with Crippen LogP contribution in [0.25, 0.3) is 0 Å². The Morgan fingerprint density at radius 2 is 2.21 bits per heavy atom. The normalized spacial score (nSPS) is 12.1. The van der Waals surface area contributed by atoms with Gasteiger partial charge in [0.25, 0.3) is 0 Å². The summed E-state index contributed by atoms with van der Waals surface area (Å²) in [4.78, 5) is 18.3. The fourth-order valence-corrected chi connectivity index (χ4v) is 1.17. The molecule has 1 atom stereocenters. The van der Waals surface area contributed by atoms with Gasteiger partial charge in [-0.15, -0.1) is 0 Å². The first kappa shape index (κ1) is 10.8. The summed E-state index contributed by atoms with van der Waals surface area (Å²) in [5, 5.41) is 13.3. The number of rotatable bonds is 5. The zero-order valence-corrected chi connectivity index (χ0v) is 8.28. The average Bonchev–Trinajstić information content (AvgIpc) is 2.18. The third-order valence-corrected chi connectivity index (χ3v) is 1.83. The molecule has 0 saturated carbocycles. The Labute approximate surface area is 87.0 Å². The number of carbonyl (C=O) groups is 1. The molecular formula is C8H10N3O2S-. The van der Waals surface area contributed by atoms with Crippen LogP contribution >= 0.6 is 12.6 Å². The monoisotopic (exact) mass is 212 g/mol. The average molecular weight is 212 g/mol. The number of nitrogens with zero attached hydrogens (tertiary/aromatic N) is 2. The van der Waals surface area contributed by atoms with Crippen molar-refractivity contribution in [1.82, 2.24) is 9.97 Å². The van der Waals surface area contributed by atoms with Crippen LogP contribution in [0.15, 0.2) is 18.5 Å². The Hall–Kier alpha value is -1.30. The molecule has 1 aromatic rings. The first-order chi connectivity index (χ1) is 6.74. The van der Waals surface area contributed by atoms with Gasteiger partial charge in [-0.2, -0.15) is 12.6 Å². The smallest absolute Gasteiger partial charge is 0.223 e. The van der Waals surface area contributed by atoms with Gasteiger partial charge >= 0.3 is 0 Å². The molecule has 0 amide bonds. The number of aliphatic carboxylic acids is 1. The molecule has 0 radical (unpaired) electrons. The fraction of sp³-hybridized carbons (Fsp3) is 0.375. The van der Waals surface area contributed by atoms with E-state index in [9.17, 15) is 9.90 Å². The lowest BCUT2D eigenvalue weighted by Crippen LogP contribution is -2.41. The highest BCUT2D eigenvalue weighted by molar-refractivity contribution is 7.80. The number of carbonyl (C=O) groups excluding carboxylic acids is 1. The Bertz CT molecular complexity index is 294. The van der Waals surface area contributed by atoms with E-state index in [2.05, 4.69) is 27.9 Å². The molecule has 76 valence electrons. The quantitative estimate of drug-likeness (QED) is 0.633. The molecule has 0 unspecified atom stereocenters. The van der Waals surface area contributed by atoms with Gasteiger partial charge in [-0.25, -0.2) is 9.97 Å². The van der Waals surface area contributed by atoms with Crippen LogP contribution in [0.4, 0.5) is 5.95 Å². The predicted molar refractivity (Wildman–Crippen MR) is 52.9 cm³/mol. The van der Waals surface area contributed by atoms with Gasteiger partial charge in [0, 0.05) is 12.4 Å². The van der Waals surface area contributed by atoms with Crippen molar-refractivity contribution in [1.29, 1.82) is 0 Å². The van der Waals surface area contributed by atoms with Crippen LogP contribution in [0.3, 0.4) is 0 Å². The molecule has 1 aromatic heterocycles. The first-order valence-corrected chi connectivity index (χ1v) is 4.72. The summed E-state index contributed by atoms with van der Waals surface area (Å²) in [5.41, 5.74) is 0. The summed E-state index contributed by atoms with van der Waals surface area (Å²) in [6.45, 7) is 0. The lowest BCUT2D eigenvalue weighted by atomic mass is 10.2. The van der Waals surface area contributed by atoms with Gasteiger partial charge in [-0.3, -0.25) is 0 Å². The van der Waals surface area contributed by atoms with Crippen LogP contribution in [0.5, 0.6) is 0 Å². The molecule has 0 saturated heterocycles. The second kappa shape index (κ2) is 5.43. The lowest BCUT2D eigenvalue weighted by molar-refractivity contribution is -0.306. The summed E-state index contributed by atoms with van der Waals surface area (Å²) < 4.78 is 0. The topological polar surface area (TPSA) is 77.9 Å². The maximum absolute atomic E-state index is 10.6. The minimum absolute atomic E-state index is 0.281. The Morgan fingerprint density at radius 1 is 1.57 bits per heavy atom. The van der Waals surface area contributed by atoms with E-state index in [1.165, 1.54) is 12.4 Å². The molecule has 0 aliphatic heterocycles. The van der Waals surface area contributed by atoms with Gasteiger partial charge in [-0.05, 0) is 18.2 Å². The van der Waals surface area contributed by atoms with E-state index in [1.807, 2.05) is 0 Å². The first-order valence-electron chi connectivity index (χ1n) is 4.09. The standard InChI is InChI=1S/C8H11N3O2S/c12-7(13)6(2-5-14)11-8-9-3-1-4-10-8/h1,3-4,6,14H,2,5H2,(H,12,13)(H,9,10,11)/p-1/t6-/m0/s1. The van der Waals surface area contributed by atoms with E-state index < -0.39 is 12.0 Å². The molecule has 1 heterocycles. The number of hydrogen-bond donors (Lipinski definition) is 2. The molecule has 1 rings (SSSR count). The minimum Gasteiger partial charge on any atom is -0.548 e. The van der Waals surface area contributed by atoms with Crippen molar-refractivity contribution >= 4 is 24.5 Å². The molecule has 0 aromatic carbocycles. The van der Waals surface area contributed by atoms with E-state index in [-0.39, 0.29) is 5.95 Å². The van der Waals surface area contributed by atoms with E-state index >= 15 is 0 Å². The lowest BCUT2D eigenvalue weighted by Gasteiger charge is -2.18. The molecule has 0 fully saturated rings. The molecule has 14 heavy (non-hydrogen) atoms. The number of hydrogen-bond acceptors (Lipinski definition) is 6. The zero-order chi connectivity index (χ0) is 10.4. The second-order valence-corrected chi connectivity index (χ2v) is 3.05. The molecule has 0 aliphatic carbocycles. The van der Waals surface area contributed by atoms with Gasteiger partial charge in [0.15, 0.2) is 0 Å². The van der Waals surface area contributed by atoms with Crippen LogP contribution in [-0.2, 0) is 4.79 Å². The predicted octanol–water partition coefficient (Wildman–Crippen LogP) is -0.673. The third kappa shape index (κ3) is 3.21. The third-order valence-electron chi connectivity index (χ3n) is 1.57. The largest absolute Gasteiger partial charge is 0.548 e. The molecular weight excluding hydrogens is 202 g/mol. The van der Waals surface area contributed by atoms with Crippen LogP contribution in [0.1, 0.15) is 6.42 Å². The fourth-order valence-electron chi connectivity index (χ4n) is 0.908. The number of anilines is 1. The van der Waals surface area contributed by atoms with Crippen molar-refractivity contribution in [2.24, 2.45) is 0 Å². The number of carboxylic acid groups (broad SMARTS) is 1. The Kier molecular flexibility index (Phi) is 4.18. The highest BCUT2D eigenvalue weighted by Crippen LogP contribution is 2.02. The van der Waals surface area contributed by atoms with Crippen molar-refractivity contribution in [3.63, 3.8) is 0 Å². The second-order valence-electron chi connectivity index (χ2n) is 2.60. The molecule has 0 aliphatic rings. The summed E-state index contributed by atoms with van der Waals surface area (Å²) >= 11 is 3.95. The van der Waals surface area contributed by atoms with E-state index in [4.69, 9.17) is 0 Å². The maximum atomic E-state index is 10.6. The molecule has 0 spiro atoms. The number of thiol groups is 1. The maximum Gasteiger partial charge on any atom is 0.223 e. The van der Waals surface area contributed by atoms with Crippen LogP contribution in [-0.4, -0.2) is 27.7 Å². The molecule has 6 heteroatoms. The summed E-state index contributed by atoms with van der Waals surface area (Å²) in [6, 6.07) is 0.854. The van der Waals surface area contributed by atoms with Crippen molar-refractivity contribution < 1.29 is 9.90 Å².